The summed E-state index contributed by atoms with van der Waals surface area (Å²) in [5, 5.41) is 0. The zero-order valence-electron chi connectivity index (χ0n) is 12.0. The number of hydrogen-bond acceptors (Lipinski definition) is 6. The van der Waals surface area contributed by atoms with Crippen LogP contribution in [0.5, 0.6) is 5.75 Å². The molecule has 21 heavy (non-hydrogen) atoms. The number of aromatic nitrogens is 2. The number of methoxy groups -OCH3 is 1. The van der Waals surface area contributed by atoms with Gasteiger partial charge in [-0.05, 0) is 19.1 Å². The molecule has 0 fully saturated rings. The van der Waals surface area contributed by atoms with Crippen LogP contribution in [-0.2, 0) is 5.54 Å². The fraction of sp³-hybridized carbons (Fsp3) is 0.267. The SMILES string of the molecule is COc1ccccc1N1C(N)=NCC1(C)c1cnccn1. The number of anilines is 1. The van der Waals surface area contributed by atoms with Crippen LogP contribution >= 0.6 is 0 Å². The molecule has 2 heterocycles. The van der Waals surface area contributed by atoms with Crippen molar-refractivity contribution in [3.63, 3.8) is 0 Å². The van der Waals surface area contributed by atoms with Crippen molar-refractivity contribution in [1.82, 2.24) is 9.97 Å². The van der Waals surface area contributed by atoms with Gasteiger partial charge in [0.05, 0.1) is 31.2 Å². The largest absolute Gasteiger partial charge is 0.495 e. The first-order valence-electron chi connectivity index (χ1n) is 6.66. The summed E-state index contributed by atoms with van der Waals surface area (Å²) in [6, 6.07) is 7.73. The molecule has 1 aliphatic heterocycles. The van der Waals surface area contributed by atoms with Crippen LogP contribution in [0.1, 0.15) is 12.6 Å². The molecule has 0 amide bonds. The van der Waals surface area contributed by atoms with Crippen LogP contribution in [-0.4, -0.2) is 29.6 Å². The lowest BCUT2D eigenvalue weighted by atomic mass is 9.96. The summed E-state index contributed by atoms with van der Waals surface area (Å²) in [5.41, 5.74) is 7.33. The fourth-order valence-corrected chi connectivity index (χ4v) is 2.61. The maximum atomic E-state index is 6.12. The van der Waals surface area contributed by atoms with E-state index in [9.17, 15) is 0 Å². The second-order valence-corrected chi connectivity index (χ2v) is 5.05. The van der Waals surface area contributed by atoms with E-state index in [4.69, 9.17) is 10.5 Å². The first-order valence-corrected chi connectivity index (χ1v) is 6.66. The van der Waals surface area contributed by atoms with Crippen molar-refractivity contribution in [3.05, 3.63) is 48.5 Å². The molecule has 1 aliphatic rings. The molecule has 0 radical (unpaired) electrons. The fourth-order valence-electron chi connectivity index (χ4n) is 2.61. The number of para-hydroxylation sites is 2. The minimum atomic E-state index is -0.479. The molecule has 2 aromatic rings. The van der Waals surface area contributed by atoms with Gasteiger partial charge in [0.2, 0.25) is 0 Å². The number of rotatable bonds is 3. The minimum Gasteiger partial charge on any atom is -0.495 e. The summed E-state index contributed by atoms with van der Waals surface area (Å²) >= 11 is 0. The van der Waals surface area contributed by atoms with Gasteiger partial charge in [-0.3, -0.25) is 19.9 Å². The van der Waals surface area contributed by atoms with E-state index in [2.05, 4.69) is 15.0 Å². The Morgan fingerprint density at radius 2 is 2.10 bits per heavy atom. The van der Waals surface area contributed by atoms with Crippen molar-refractivity contribution in [2.24, 2.45) is 10.7 Å². The van der Waals surface area contributed by atoms with Crippen molar-refractivity contribution in [2.75, 3.05) is 18.6 Å². The Hall–Kier alpha value is -2.63. The Balaban J connectivity index is 2.12. The summed E-state index contributed by atoms with van der Waals surface area (Å²) in [7, 11) is 1.64. The third kappa shape index (κ3) is 2.08. The van der Waals surface area contributed by atoms with Gasteiger partial charge in [-0.15, -0.1) is 0 Å². The Labute approximate surface area is 123 Å². The van der Waals surface area contributed by atoms with E-state index in [1.165, 1.54) is 0 Å². The standard InChI is InChI=1S/C15H17N5O/c1-15(13-9-17-7-8-18-13)10-19-14(16)20(15)11-5-3-4-6-12(11)21-2/h3-9H,10H2,1-2H3,(H2,16,19). The zero-order valence-corrected chi connectivity index (χ0v) is 12.0. The summed E-state index contributed by atoms with van der Waals surface area (Å²) in [6.45, 7) is 2.57. The Morgan fingerprint density at radius 1 is 1.29 bits per heavy atom. The van der Waals surface area contributed by atoms with E-state index in [0.29, 0.717) is 12.5 Å². The van der Waals surface area contributed by atoms with Crippen LogP contribution in [0.15, 0.2) is 47.8 Å². The van der Waals surface area contributed by atoms with E-state index in [1.54, 1.807) is 25.7 Å². The number of aliphatic imine (C=N–C) groups is 1. The van der Waals surface area contributed by atoms with Gasteiger partial charge in [0.15, 0.2) is 5.96 Å². The second kappa shape index (κ2) is 5.05. The van der Waals surface area contributed by atoms with Crippen LogP contribution in [0.3, 0.4) is 0 Å². The summed E-state index contributed by atoms with van der Waals surface area (Å²) in [6.07, 6.45) is 5.07. The van der Waals surface area contributed by atoms with E-state index in [0.717, 1.165) is 17.1 Å². The lowest BCUT2D eigenvalue weighted by Crippen LogP contribution is -2.48. The van der Waals surface area contributed by atoms with E-state index >= 15 is 0 Å². The molecule has 6 nitrogen and oxygen atoms in total. The third-order valence-corrected chi connectivity index (χ3v) is 3.71. The normalized spacial score (nSPS) is 21.2. The number of ether oxygens (including phenoxy) is 1. The number of hydrogen-bond donors (Lipinski definition) is 1. The smallest absolute Gasteiger partial charge is 0.196 e. The molecule has 0 aliphatic carbocycles. The van der Waals surface area contributed by atoms with Gasteiger partial charge in [0, 0.05) is 12.4 Å². The van der Waals surface area contributed by atoms with Gasteiger partial charge in [-0.25, -0.2) is 0 Å². The van der Waals surface area contributed by atoms with Gasteiger partial charge < -0.3 is 10.5 Å². The molecule has 0 spiro atoms. The van der Waals surface area contributed by atoms with Crippen LogP contribution < -0.4 is 15.4 Å². The first-order chi connectivity index (χ1) is 10.2. The van der Waals surface area contributed by atoms with Gasteiger partial charge in [0.1, 0.15) is 11.3 Å². The van der Waals surface area contributed by atoms with Crippen LogP contribution in [0.2, 0.25) is 0 Å². The average Bonchev–Trinajstić information content (AvgIpc) is 2.84. The Morgan fingerprint density at radius 3 is 2.81 bits per heavy atom. The molecule has 3 rings (SSSR count). The molecule has 0 saturated heterocycles. The van der Waals surface area contributed by atoms with Crippen LogP contribution in [0, 0.1) is 0 Å². The maximum absolute atomic E-state index is 6.12. The molecular weight excluding hydrogens is 266 g/mol. The van der Waals surface area contributed by atoms with Gasteiger partial charge in [-0.2, -0.15) is 0 Å². The molecule has 0 saturated carbocycles. The highest BCUT2D eigenvalue weighted by Gasteiger charge is 2.43. The Kier molecular flexibility index (Phi) is 3.21. The second-order valence-electron chi connectivity index (χ2n) is 5.05. The van der Waals surface area contributed by atoms with Crippen LogP contribution in [0.25, 0.3) is 0 Å². The van der Waals surface area contributed by atoms with Gasteiger partial charge in [0.25, 0.3) is 0 Å². The highest BCUT2D eigenvalue weighted by atomic mass is 16.5. The van der Waals surface area contributed by atoms with Crippen molar-refractivity contribution in [1.29, 1.82) is 0 Å². The molecule has 1 aromatic carbocycles. The van der Waals surface area contributed by atoms with E-state index in [1.807, 2.05) is 36.1 Å². The number of guanidine groups is 1. The van der Waals surface area contributed by atoms with Crippen LogP contribution in [0.4, 0.5) is 5.69 Å². The monoisotopic (exact) mass is 283 g/mol. The predicted molar refractivity (Wildman–Crippen MR) is 81.3 cm³/mol. The molecule has 2 N–H and O–H groups in total. The van der Waals surface area contributed by atoms with Crippen molar-refractivity contribution in [2.45, 2.75) is 12.5 Å². The molecule has 1 unspecified atom stereocenters. The van der Waals surface area contributed by atoms with Gasteiger partial charge >= 0.3 is 0 Å². The van der Waals surface area contributed by atoms with Crippen molar-refractivity contribution >= 4 is 11.6 Å². The topological polar surface area (TPSA) is 76.6 Å². The molecule has 108 valence electrons. The number of benzene rings is 1. The molecule has 0 bridgehead atoms. The summed E-state index contributed by atoms with van der Waals surface area (Å²) in [4.78, 5) is 14.9. The molecule has 6 heteroatoms. The van der Waals surface area contributed by atoms with E-state index < -0.39 is 5.54 Å². The van der Waals surface area contributed by atoms with E-state index in [-0.39, 0.29) is 0 Å². The Bertz CT molecular complexity index is 673. The highest BCUT2D eigenvalue weighted by Crippen LogP contribution is 2.39. The molecular formula is C15H17N5O. The number of nitrogens with two attached hydrogens (primary N) is 1. The lowest BCUT2D eigenvalue weighted by Gasteiger charge is -2.36. The molecule has 1 aromatic heterocycles. The highest BCUT2D eigenvalue weighted by molar-refractivity contribution is 5.99. The van der Waals surface area contributed by atoms with Crippen molar-refractivity contribution in [3.8, 4) is 5.75 Å². The third-order valence-electron chi connectivity index (χ3n) is 3.71. The summed E-state index contributed by atoms with van der Waals surface area (Å²) in [5.74, 6) is 1.19. The van der Waals surface area contributed by atoms with Crippen molar-refractivity contribution < 1.29 is 4.74 Å². The zero-order chi connectivity index (χ0) is 14.9. The predicted octanol–water partition coefficient (Wildman–Crippen LogP) is 1.54. The first kappa shape index (κ1) is 13.4. The maximum Gasteiger partial charge on any atom is 0.196 e. The minimum absolute atomic E-state index is 0.452. The quantitative estimate of drug-likeness (QED) is 0.924. The lowest BCUT2D eigenvalue weighted by molar-refractivity contribution is 0.411. The molecule has 1 atom stereocenters. The van der Waals surface area contributed by atoms with Gasteiger partial charge in [-0.1, -0.05) is 12.1 Å². The summed E-state index contributed by atoms with van der Waals surface area (Å²) < 4.78 is 5.45. The average molecular weight is 283 g/mol. The number of nitrogens with zero attached hydrogens (tertiary/aromatic N) is 4.